The molecule has 0 amide bonds. The maximum atomic E-state index is 9.51. The van der Waals surface area contributed by atoms with E-state index in [1.165, 1.54) is 16.7 Å². The van der Waals surface area contributed by atoms with Crippen LogP contribution in [-0.2, 0) is 11.3 Å². The van der Waals surface area contributed by atoms with Gasteiger partial charge in [-0.15, -0.1) is 0 Å². The molecular weight excluding hydrogens is 308 g/mol. The summed E-state index contributed by atoms with van der Waals surface area (Å²) >= 11 is 0. The average molecular weight is 330 g/mol. The summed E-state index contributed by atoms with van der Waals surface area (Å²) in [6.07, 6.45) is 3.25. The van der Waals surface area contributed by atoms with Crippen molar-refractivity contribution in [2.24, 2.45) is 0 Å². The van der Waals surface area contributed by atoms with Gasteiger partial charge in [-0.2, -0.15) is 5.26 Å². The van der Waals surface area contributed by atoms with Crippen molar-refractivity contribution in [1.82, 2.24) is 4.90 Å². The molecule has 0 spiro atoms. The quantitative estimate of drug-likeness (QED) is 0.856. The number of morpholine rings is 1. The van der Waals surface area contributed by atoms with E-state index in [9.17, 15) is 5.26 Å². The molecule has 0 radical (unpaired) electrons. The smallest absolute Gasteiger partial charge is 0.0998 e. The first-order chi connectivity index (χ1) is 12.3. The van der Waals surface area contributed by atoms with Crippen molar-refractivity contribution in [3.8, 4) is 6.07 Å². The minimum Gasteiger partial charge on any atom is -0.378 e. The maximum absolute atomic E-state index is 9.51. The number of rotatable bonds is 3. The van der Waals surface area contributed by atoms with Crippen LogP contribution in [0.1, 0.15) is 28.7 Å². The van der Waals surface area contributed by atoms with Gasteiger partial charge in [0.2, 0.25) is 0 Å². The fraction of sp³-hybridized carbons (Fsp3) is 0.318. The molecule has 2 aromatic carbocycles. The number of aryl methyl sites for hydroxylation is 1. The molecule has 0 N–H and O–H groups in total. The van der Waals surface area contributed by atoms with Crippen molar-refractivity contribution in [3.05, 3.63) is 76.9 Å². The molecule has 4 rings (SSSR count). The predicted octanol–water partition coefficient (Wildman–Crippen LogP) is 3.92. The highest BCUT2D eigenvalue weighted by Crippen LogP contribution is 2.36. The first-order valence-electron chi connectivity index (χ1n) is 8.84. The molecule has 1 saturated heterocycles. The van der Waals surface area contributed by atoms with Gasteiger partial charge in [0.25, 0.3) is 0 Å². The summed E-state index contributed by atoms with van der Waals surface area (Å²) in [6, 6.07) is 19.6. The number of hydrogen-bond acceptors (Lipinski definition) is 3. The van der Waals surface area contributed by atoms with Gasteiger partial charge in [0.1, 0.15) is 0 Å². The van der Waals surface area contributed by atoms with Gasteiger partial charge in [-0.1, -0.05) is 48.5 Å². The Kier molecular flexibility index (Phi) is 4.40. The maximum Gasteiger partial charge on any atom is 0.0998 e. The minimum absolute atomic E-state index is 0.272. The third-order valence-electron chi connectivity index (χ3n) is 5.27. The second-order valence-electron chi connectivity index (χ2n) is 6.92. The van der Waals surface area contributed by atoms with E-state index >= 15 is 0 Å². The van der Waals surface area contributed by atoms with Crippen molar-refractivity contribution < 1.29 is 4.74 Å². The Morgan fingerprint density at radius 1 is 1.12 bits per heavy atom. The average Bonchev–Trinajstić information content (AvgIpc) is 2.62. The molecule has 1 fully saturated rings. The number of hydrogen-bond donors (Lipinski definition) is 0. The molecule has 2 aromatic rings. The summed E-state index contributed by atoms with van der Waals surface area (Å²) in [5, 5.41) is 9.51. The Hall–Kier alpha value is -2.41. The Balaban J connectivity index is 1.67. The van der Waals surface area contributed by atoms with Gasteiger partial charge in [-0.05, 0) is 41.7 Å². The van der Waals surface area contributed by atoms with Gasteiger partial charge in [0.05, 0.1) is 30.9 Å². The van der Waals surface area contributed by atoms with E-state index in [4.69, 9.17) is 4.74 Å². The lowest BCUT2D eigenvalue weighted by Crippen LogP contribution is -2.53. The van der Waals surface area contributed by atoms with Gasteiger partial charge in [0, 0.05) is 12.6 Å². The van der Waals surface area contributed by atoms with Gasteiger partial charge in [-0.3, -0.25) is 4.90 Å². The highest BCUT2D eigenvalue weighted by atomic mass is 16.5. The molecule has 2 aliphatic rings. The summed E-state index contributed by atoms with van der Waals surface area (Å²) in [5.74, 6) is 0. The van der Waals surface area contributed by atoms with Gasteiger partial charge in [-0.25, -0.2) is 0 Å². The van der Waals surface area contributed by atoms with Crippen LogP contribution >= 0.6 is 0 Å². The van der Waals surface area contributed by atoms with E-state index in [0.29, 0.717) is 6.04 Å². The van der Waals surface area contributed by atoms with Crippen LogP contribution in [0.4, 0.5) is 0 Å². The Labute approximate surface area is 149 Å². The van der Waals surface area contributed by atoms with E-state index in [1.54, 1.807) is 0 Å². The normalized spacial score (nSPS) is 23.0. The fourth-order valence-corrected chi connectivity index (χ4v) is 4.07. The predicted molar refractivity (Wildman–Crippen MR) is 98.9 cm³/mol. The van der Waals surface area contributed by atoms with Crippen LogP contribution in [0.2, 0.25) is 0 Å². The van der Waals surface area contributed by atoms with Crippen LogP contribution in [0.5, 0.6) is 0 Å². The van der Waals surface area contributed by atoms with E-state index < -0.39 is 0 Å². The van der Waals surface area contributed by atoms with Crippen LogP contribution in [0.15, 0.2) is 54.6 Å². The molecule has 0 aliphatic carbocycles. The molecular formula is C22H22N2O. The monoisotopic (exact) mass is 330 g/mol. The second-order valence-corrected chi connectivity index (χ2v) is 6.92. The van der Waals surface area contributed by atoms with Crippen LogP contribution in [0, 0.1) is 18.3 Å². The van der Waals surface area contributed by atoms with Crippen LogP contribution in [-0.4, -0.2) is 30.2 Å². The Morgan fingerprint density at radius 3 is 2.72 bits per heavy atom. The molecule has 2 bridgehead atoms. The zero-order chi connectivity index (χ0) is 17.2. The van der Waals surface area contributed by atoms with E-state index in [2.05, 4.69) is 60.4 Å². The summed E-state index contributed by atoms with van der Waals surface area (Å²) in [4.78, 5) is 2.55. The first kappa shape index (κ1) is 16.1. The SMILES string of the molecule is Cc1cccc(C#N)c1C1=CC2COCC(C1)N2Cc1ccccc1. The molecule has 126 valence electrons. The van der Waals surface area contributed by atoms with Crippen molar-refractivity contribution in [2.75, 3.05) is 13.2 Å². The summed E-state index contributed by atoms with van der Waals surface area (Å²) in [6.45, 7) is 4.52. The lowest BCUT2D eigenvalue weighted by molar-refractivity contribution is -0.0402. The molecule has 0 saturated carbocycles. The molecule has 2 unspecified atom stereocenters. The largest absolute Gasteiger partial charge is 0.378 e. The molecule has 3 nitrogen and oxygen atoms in total. The van der Waals surface area contributed by atoms with Gasteiger partial charge < -0.3 is 4.74 Å². The van der Waals surface area contributed by atoms with Crippen molar-refractivity contribution in [1.29, 1.82) is 5.26 Å². The zero-order valence-electron chi connectivity index (χ0n) is 14.5. The number of benzene rings is 2. The number of nitriles is 1. The highest BCUT2D eigenvalue weighted by Gasteiger charge is 2.35. The standard InChI is InChI=1S/C22H22N2O/c1-16-6-5-9-18(12-23)22(16)19-10-20-14-25-15-21(11-19)24(20)13-17-7-3-2-4-8-17/h2-10,20-21H,11,13-15H2,1H3. The number of nitrogens with zero attached hydrogens (tertiary/aromatic N) is 2. The lowest BCUT2D eigenvalue weighted by Gasteiger charge is -2.45. The van der Waals surface area contributed by atoms with Crippen LogP contribution in [0.25, 0.3) is 5.57 Å². The Bertz CT molecular complexity index is 835. The fourth-order valence-electron chi connectivity index (χ4n) is 4.07. The summed E-state index contributed by atoms with van der Waals surface area (Å²) in [5.41, 5.74) is 5.73. The summed E-state index contributed by atoms with van der Waals surface area (Å²) in [7, 11) is 0. The highest BCUT2D eigenvalue weighted by molar-refractivity contribution is 5.74. The van der Waals surface area contributed by atoms with Crippen molar-refractivity contribution in [2.45, 2.75) is 32.0 Å². The van der Waals surface area contributed by atoms with Crippen molar-refractivity contribution in [3.63, 3.8) is 0 Å². The van der Waals surface area contributed by atoms with Crippen LogP contribution in [0.3, 0.4) is 0 Å². The molecule has 2 atom stereocenters. The topological polar surface area (TPSA) is 36.3 Å². The number of ether oxygens (including phenoxy) is 1. The molecule has 2 heterocycles. The molecule has 0 aromatic heterocycles. The molecule has 2 aliphatic heterocycles. The van der Waals surface area contributed by atoms with E-state index in [0.717, 1.165) is 37.3 Å². The van der Waals surface area contributed by atoms with Crippen LogP contribution < -0.4 is 0 Å². The Morgan fingerprint density at radius 2 is 1.96 bits per heavy atom. The lowest BCUT2D eigenvalue weighted by atomic mass is 9.85. The van der Waals surface area contributed by atoms with E-state index in [-0.39, 0.29) is 6.04 Å². The minimum atomic E-state index is 0.272. The third-order valence-corrected chi connectivity index (χ3v) is 5.27. The molecule has 3 heteroatoms. The first-order valence-corrected chi connectivity index (χ1v) is 8.84. The van der Waals surface area contributed by atoms with Gasteiger partial charge in [0.15, 0.2) is 0 Å². The third kappa shape index (κ3) is 3.11. The summed E-state index contributed by atoms with van der Waals surface area (Å²) < 4.78 is 5.82. The van der Waals surface area contributed by atoms with Crippen molar-refractivity contribution >= 4 is 5.57 Å². The second kappa shape index (κ2) is 6.84. The zero-order valence-corrected chi connectivity index (χ0v) is 14.5. The molecule has 25 heavy (non-hydrogen) atoms. The number of fused-ring (bicyclic) bond motifs is 2. The van der Waals surface area contributed by atoms with E-state index in [1.807, 2.05) is 12.1 Å². The van der Waals surface area contributed by atoms with Gasteiger partial charge >= 0.3 is 0 Å².